The zero-order chi connectivity index (χ0) is 19.4. The van der Waals surface area contributed by atoms with Gasteiger partial charge in [0.05, 0.1) is 13.2 Å². The van der Waals surface area contributed by atoms with E-state index in [4.69, 9.17) is 4.74 Å². The first-order chi connectivity index (χ1) is 13.0. The molecule has 0 spiro atoms. The Bertz CT molecular complexity index is 787. The molecule has 5 heteroatoms. The normalized spacial score (nSPS) is 14.6. The number of ether oxygens (including phenoxy) is 1. The van der Waals surface area contributed by atoms with E-state index < -0.39 is 0 Å². The fraction of sp³-hybridized carbons (Fsp3) is 0.409. The first-order valence-corrected chi connectivity index (χ1v) is 9.42. The van der Waals surface area contributed by atoms with Gasteiger partial charge in [-0.15, -0.1) is 0 Å². The number of nitrogens with zero attached hydrogens (tertiary/aromatic N) is 2. The van der Waals surface area contributed by atoms with Crippen molar-refractivity contribution in [1.82, 2.24) is 10.2 Å². The summed E-state index contributed by atoms with van der Waals surface area (Å²) in [5.74, 6) is 0.680. The lowest BCUT2D eigenvalue weighted by Gasteiger charge is -2.30. The Labute approximate surface area is 161 Å². The van der Waals surface area contributed by atoms with Crippen molar-refractivity contribution >= 4 is 11.6 Å². The molecule has 5 nitrogen and oxygen atoms in total. The minimum atomic E-state index is -0.0674. The molecule has 0 radical (unpaired) electrons. The van der Waals surface area contributed by atoms with Gasteiger partial charge < -0.3 is 19.9 Å². The van der Waals surface area contributed by atoms with Gasteiger partial charge in [-0.25, -0.2) is 0 Å². The Kier molecular flexibility index (Phi) is 6.01. The number of nitrogens with one attached hydrogen (secondary N) is 1. The molecule has 1 unspecified atom stereocenters. The second-order valence-corrected chi connectivity index (χ2v) is 7.33. The van der Waals surface area contributed by atoms with Gasteiger partial charge in [-0.1, -0.05) is 12.1 Å². The molecular formula is C22H29N3O2. The fourth-order valence-electron chi connectivity index (χ4n) is 3.64. The van der Waals surface area contributed by atoms with Gasteiger partial charge in [0.25, 0.3) is 5.91 Å². The van der Waals surface area contributed by atoms with Crippen LogP contribution in [0, 0.1) is 0 Å². The maximum Gasteiger partial charge on any atom is 0.251 e. The smallest absolute Gasteiger partial charge is 0.251 e. The quantitative estimate of drug-likeness (QED) is 0.852. The first-order valence-electron chi connectivity index (χ1n) is 9.42. The van der Waals surface area contributed by atoms with Crippen LogP contribution < -0.4 is 15.0 Å². The number of hydrogen-bond acceptors (Lipinski definition) is 4. The monoisotopic (exact) mass is 367 g/mol. The summed E-state index contributed by atoms with van der Waals surface area (Å²) in [5.41, 5.74) is 4.60. The van der Waals surface area contributed by atoms with E-state index in [1.54, 1.807) is 31.4 Å². The third-order valence-electron chi connectivity index (χ3n) is 5.27. The first kappa shape index (κ1) is 19.2. The standard InChI is InChI=1S/C22H29N3O2/c1-24(2)21(15-23-22(26)16-7-10-19(27-4)11-8-16)18-9-12-20-17(14-18)6-5-13-25(20)3/h7-12,14,21H,5-6,13,15H2,1-4H3,(H,23,26). The highest BCUT2D eigenvalue weighted by atomic mass is 16.5. The molecule has 1 atom stereocenters. The van der Waals surface area contributed by atoms with E-state index in [0.717, 1.165) is 18.7 Å². The van der Waals surface area contributed by atoms with E-state index in [-0.39, 0.29) is 11.9 Å². The summed E-state index contributed by atoms with van der Waals surface area (Å²) in [4.78, 5) is 17.0. The number of rotatable bonds is 6. The second kappa shape index (κ2) is 8.44. The lowest BCUT2D eigenvalue weighted by molar-refractivity contribution is 0.0942. The molecule has 2 aromatic rings. The Hall–Kier alpha value is -2.53. The number of carbonyl (C=O) groups excluding carboxylic acids is 1. The summed E-state index contributed by atoms with van der Waals surface area (Å²) in [6, 6.07) is 14.0. The van der Waals surface area contributed by atoms with Crippen LogP contribution >= 0.6 is 0 Å². The van der Waals surface area contributed by atoms with E-state index in [9.17, 15) is 4.79 Å². The average Bonchev–Trinajstić information content (AvgIpc) is 2.68. The molecule has 144 valence electrons. The molecule has 3 rings (SSSR count). The van der Waals surface area contributed by atoms with E-state index in [1.165, 1.54) is 23.2 Å². The summed E-state index contributed by atoms with van der Waals surface area (Å²) in [6.45, 7) is 1.67. The number of fused-ring (bicyclic) bond motifs is 1. The van der Waals surface area contributed by atoms with Gasteiger partial charge in [-0.2, -0.15) is 0 Å². The highest BCUT2D eigenvalue weighted by molar-refractivity contribution is 5.94. The Morgan fingerprint density at radius 3 is 2.63 bits per heavy atom. The van der Waals surface area contributed by atoms with Crippen molar-refractivity contribution in [2.45, 2.75) is 18.9 Å². The Morgan fingerprint density at radius 1 is 1.22 bits per heavy atom. The van der Waals surface area contributed by atoms with Crippen molar-refractivity contribution in [1.29, 1.82) is 0 Å². The van der Waals surface area contributed by atoms with E-state index in [0.29, 0.717) is 12.1 Å². The van der Waals surface area contributed by atoms with Gasteiger partial charge in [0.2, 0.25) is 0 Å². The predicted molar refractivity (Wildman–Crippen MR) is 110 cm³/mol. The summed E-state index contributed by atoms with van der Waals surface area (Å²) in [7, 11) is 7.87. The van der Waals surface area contributed by atoms with Gasteiger partial charge in [0, 0.05) is 31.4 Å². The maximum atomic E-state index is 12.5. The number of hydrogen-bond donors (Lipinski definition) is 1. The van der Waals surface area contributed by atoms with Crippen LogP contribution in [0.1, 0.15) is 33.9 Å². The predicted octanol–water partition coefficient (Wildman–Crippen LogP) is 3.11. The molecule has 1 amide bonds. The molecule has 0 saturated heterocycles. The molecule has 1 aliphatic rings. The summed E-state index contributed by atoms with van der Waals surface area (Å²) < 4.78 is 5.15. The topological polar surface area (TPSA) is 44.8 Å². The minimum Gasteiger partial charge on any atom is -0.497 e. The van der Waals surface area contributed by atoms with Gasteiger partial charge in [-0.3, -0.25) is 4.79 Å². The van der Waals surface area contributed by atoms with Crippen LogP contribution in [-0.2, 0) is 6.42 Å². The molecule has 2 aromatic carbocycles. The van der Waals surface area contributed by atoms with Gasteiger partial charge in [0.1, 0.15) is 5.75 Å². The Morgan fingerprint density at radius 2 is 1.96 bits per heavy atom. The molecule has 27 heavy (non-hydrogen) atoms. The van der Waals surface area contributed by atoms with E-state index in [1.807, 2.05) is 0 Å². The van der Waals surface area contributed by atoms with E-state index in [2.05, 4.69) is 54.5 Å². The molecule has 1 aliphatic heterocycles. The van der Waals surface area contributed by atoms with Crippen LogP contribution in [0.3, 0.4) is 0 Å². The summed E-state index contributed by atoms with van der Waals surface area (Å²) in [6.07, 6.45) is 2.31. The van der Waals surface area contributed by atoms with Crippen molar-refractivity contribution in [2.24, 2.45) is 0 Å². The molecular weight excluding hydrogens is 338 g/mol. The van der Waals surface area contributed by atoms with Gasteiger partial charge >= 0.3 is 0 Å². The van der Waals surface area contributed by atoms with E-state index >= 15 is 0 Å². The molecule has 0 aliphatic carbocycles. The van der Waals surface area contributed by atoms with Crippen molar-refractivity contribution in [3.8, 4) is 5.75 Å². The van der Waals surface area contributed by atoms with Crippen LogP contribution in [-0.4, -0.2) is 52.1 Å². The van der Waals surface area contributed by atoms with Crippen LogP contribution in [0.25, 0.3) is 0 Å². The highest BCUT2D eigenvalue weighted by Crippen LogP contribution is 2.30. The third-order valence-corrected chi connectivity index (χ3v) is 5.27. The maximum absolute atomic E-state index is 12.5. The zero-order valence-electron chi connectivity index (χ0n) is 16.7. The Balaban J connectivity index is 1.71. The number of amides is 1. The number of carbonyl (C=O) groups is 1. The minimum absolute atomic E-state index is 0.0674. The van der Waals surface area contributed by atoms with Gasteiger partial charge in [0.15, 0.2) is 0 Å². The molecule has 0 fully saturated rings. The fourth-order valence-corrected chi connectivity index (χ4v) is 3.64. The van der Waals surface area contributed by atoms with Crippen molar-refractivity contribution in [3.05, 3.63) is 59.2 Å². The average molecular weight is 367 g/mol. The van der Waals surface area contributed by atoms with Crippen LogP contribution in [0.4, 0.5) is 5.69 Å². The lowest BCUT2D eigenvalue weighted by atomic mass is 9.96. The zero-order valence-corrected chi connectivity index (χ0v) is 16.7. The van der Waals surface area contributed by atoms with Crippen molar-refractivity contribution < 1.29 is 9.53 Å². The van der Waals surface area contributed by atoms with Crippen LogP contribution in [0.5, 0.6) is 5.75 Å². The summed E-state index contributed by atoms with van der Waals surface area (Å²) >= 11 is 0. The highest BCUT2D eigenvalue weighted by Gasteiger charge is 2.20. The van der Waals surface area contributed by atoms with Gasteiger partial charge in [-0.05, 0) is 68.4 Å². The number of aryl methyl sites for hydroxylation is 1. The molecule has 1 heterocycles. The number of methoxy groups -OCH3 is 1. The lowest BCUT2D eigenvalue weighted by Crippen LogP contribution is -2.34. The van der Waals surface area contributed by atoms with Crippen molar-refractivity contribution in [3.63, 3.8) is 0 Å². The molecule has 0 bridgehead atoms. The van der Waals surface area contributed by atoms with Crippen LogP contribution in [0.15, 0.2) is 42.5 Å². The largest absolute Gasteiger partial charge is 0.497 e. The third kappa shape index (κ3) is 4.42. The summed E-state index contributed by atoms with van der Waals surface area (Å²) in [5, 5.41) is 3.07. The number of anilines is 1. The molecule has 0 aromatic heterocycles. The second-order valence-electron chi connectivity index (χ2n) is 7.33. The number of likely N-dealkylation sites (N-methyl/N-ethyl adjacent to an activating group) is 1. The van der Waals surface area contributed by atoms with Crippen molar-refractivity contribution in [2.75, 3.05) is 46.2 Å². The SMILES string of the molecule is COc1ccc(C(=O)NCC(c2ccc3c(c2)CCCN3C)N(C)C)cc1. The molecule has 0 saturated carbocycles. The van der Waals surface area contributed by atoms with Crippen LogP contribution in [0.2, 0.25) is 0 Å². The number of benzene rings is 2. The molecule has 1 N–H and O–H groups in total.